The van der Waals surface area contributed by atoms with Crippen molar-refractivity contribution in [3.63, 3.8) is 0 Å². The number of nitrogens with zero attached hydrogens (tertiary/aromatic N) is 2. The molecule has 1 aliphatic rings. The summed E-state index contributed by atoms with van der Waals surface area (Å²) in [6.45, 7) is 5.24. The molecule has 4 nitrogen and oxygen atoms in total. The van der Waals surface area contributed by atoms with E-state index in [0.717, 1.165) is 31.8 Å². The van der Waals surface area contributed by atoms with Crippen molar-refractivity contribution in [3.05, 3.63) is 24.2 Å². The summed E-state index contributed by atoms with van der Waals surface area (Å²) in [5, 5.41) is 9.42. The highest BCUT2D eigenvalue weighted by molar-refractivity contribution is 4.99. The minimum absolute atomic E-state index is 0.220. The van der Waals surface area contributed by atoms with Crippen LogP contribution >= 0.6 is 0 Å². The summed E-state index contributed by atoms with van der Waals surface area (Å²) in [4.78, 5) is 4.64. The summed E-state index contributed by atoms with van der Waals surface area (Å²) >= 11 is 0. The monoisotopic (exact) mass is 238 g/mol. The summed E-state index contributed by atoms with van der Waals surface area (Å²) in [5.41, 5.74) is 0. The number of aliphatic hydroxyl groups excluding tert-OH is 1. The van der Waals surface area contributed by atoms with Crippen LogP contribution in [-0.2, 0) is 6.54 Å². The van der Waals surface area contributed by atoms with Crippen molar-refractivity contribution in [3.8, 4) is 0 Å². The summed E-state index contributed by atoms with van der Waals surface area (Å²) in [6, 6.07) is 4.69. The number of hydrogen-bond acceptors (Lipinski definition) is 4. The van der Waals surface area contributed by atoms with Crippen molar-refractivity contribution in [2.24, 2.45) is 0 Å². The van der Waals surface area contributed by atoms with Crippen LogP contribution in [0.4, 0.5) is 0 Å². The van der Waals surface area contributed by atoms with E-state index < -0.39 is 0 Å². The fourth-order valence-electron chi connectivity index (χ4n) is 2.37. The van der Waals surface area contributed by atoms with Gasteiger partial charge in [-0.15, -0.1) is 0 Å². The van der Waals surface area contributed by atoms with Crippen molar-refractivity contribution in [1.29, 1.82) is 0 Å². The van der Waals surface area contributed by atoms with Crippen LogP contribution in [0.15, 0.2) is 22.8 Å². The van der Waals surface area contributed by atoms with Crippen LogP contribution in [0.25, 0.3) is 0 Å². The molecule has 1 fully saturated rings. The van der Waals surface area contributed by atoms with Crippen LogP contribution < -0.4 is 0 Å². The van der Waals surface area contributed by atoms with Gasteiger partial charge in [0.25, 0.3) is 0 Å². The lowest BCUT2D eigenvalue weighted by atomic mass is 10.2. The summed E-state index contributed by atoms with van der Waals surface area (Å²) < 4.78 is 5.40. The molecule has 1 aromatic heterocycles. The molecular weight excluding hydrogens is 216 g/mol. The van der Waals surface area contributed by atoms with E-state index in [1.807, 2.05) is 12.1 Å². The zero-order chi connectivity index (χ0) is 12.3. The Labute approximate surface area is 103 Å². The molecule has 2 rings (SSSR count). The summed E-state index contributed by atoms with van der Waals surface area (Å²) in [7, 11) is 2.09. The molecule has 1 aliphatic heterocycles. The Bertz CT molecular complexity index is 326. The molecule has 1 N–H and O–H groups in total. The van der Waals surface area contributed by atoms with E-state index in [9.17, 15) is 5.11 Å². The molecule has 2 unspecified atom stereocenters. The number of hydrogen-bond donors (Lipinski definition) is 1. The number of aliphatic hydroxyl groups is 1. The molecule has 1 saturated heterocycles. The van der Waals surface area contributed by atoms with E-state index in [2.05, 4.69) is 23.8 Å². The van der Waals surface area contributed by atoms with Gasteiger partial charge in [-0.25, -0.2) is 0 Å². The van der Waals surface area contributed by atoms with Gasteiger partial charge < -0.3 is 9.52 Å². The smallest absolute Gasteiger partial charge is 0.117 e. The quantitative estimate of drug-likeness (QED) is 0.858. The van der Waals surface area contributed by atoms with Gasteiger partial charge >= 0.3 is 0 Å². The van der Waals surface area contributed by atoms with E-state index in [1.165, 1.54) is 0 Å². The molecule has 0 spiro atoms. The van der Waals surface area contributed by atoms with Crippen LogP contribution in [0.1, 0.15) is 19.1 Å². The van der Waals surface area contributed by atoms with Crippen molar-refractivity contribution < 1.29 is 9.52 Å². The lowest BCUT2D eigenvalue weighted by Gasteiger charge is -2.29. The molecule has 2 heterocycles. The molecule has 0 saturated carbocycles. The van der Waals surface area contributed by atoms with Gasteiger partial charge in [-0.2, -0.15) is 0 Å². The maximum absolute atomic E-state index is 9.42. The van der Waals surface area contributed by atoms with Crippen LogP contribution in [0.2, 0.25) is 0 Å². The highest BCUT2D eigenvalue weighted by Crippen LogP contribution is 2.17. The first-order chi connectivity index (χ1) is 8.20. The molecule has 17 heavy (non-hydrogen) atoms. The Balaban J connectivity index is 2.03. The topological polar surface area (TPSA) is 39.9 Å². The van der Waals surface area contributed by atoms with E-state index >= 15 is 0 Å². The van der Waals surface area contributed by atoms with Crippen molar-refractivity contribution >= 4 is 0 Å². The molecule has 0 bridgehead atoms. The van der Waals surface area contributed by atoms with Crippen LogP contribution in [0.3, 0.4) is 0 Å². The second kappa shape index (κ2) is 5.67. The number of rotatable bonds is 3. The van der Waals surface area contributed by atoms with E-state index in [1.54, 1.807) is 6.26 Å². The fourth-order valence-corrected chi connectivity index (χ4v) is 2.37. The van der Waals surface area contributed by atoms with Gasteiger partial charge in [0.2, 0.25) is 0 Å². The largest absolute Gasteiger partial charge is 0.468 e. The Kier molecular flexibility index (Phi) is 4.20. The van der Waals surface area contributed by atoms with Gasteiger partial charge in [0.05, 0.1) is 19.4 Å². The first kappa shape index (κ1) is 12.6. The SMILES string of the molecule is CC1CCN(C)C(CO)CN1Cc1ccco1. The maximum Gasteiger partial charge on any atom is 0.117 e. The predicted octanol–water partition coefficient (Wildman–Crippen LogP) is 1.17. The minimum Gasteiger partial charge on any atom is -0.468 e. The van der Waals surface area contributed by atoms with Crippen molar-refractivity contribution in [2.75, 3.05) is 26.7 Å². The van der Waals surface area contributed by atoms with Gasteiger partial charge in [-0.3, -0.25) is 9.80 Å². The molecular formula is C13H22N2O2. The third-order valence-electron chi connectivity index (χ3n) is 3.74. The normalized spacial score (nSPS) is 28.2. The Morgan fingerprint density at radius 2 is 2.35 bits per heavy atom. The third kappa shape index (κ3) is 3.09. The van der Waals surface area contributed by atoms with Crippen LogP contribution in [0, 0.1) is 0 Å². The second-order valence-electron chi connectivity index (χ2n) is 4.96. The molecule has 2 atom stereocenters. The molecule has 0 aliphatic carbocycles. The van der Waals surface area contributed by atoms with E-state index in [4.69, 9.17) is 4.42 Å². The van der Waals surface area contributed by atoms with Gasteiger partial charge in [0, 0.05) is 18.6 Å². The number of likely N-dealkylation sites (N-methyl/N-ethyl adjacent to an activating group) is 1. The molecule has 0 radical (unpaired) electrons. The number of furan rings is 1. The first-order valence-electron chi connectivity index (χ1n) is 6.28. The van der Waals surface area contributed by atoms with Gasteiger partial charge in [-0.05, 0) is 39.1 Å². The predicted molar refractivity (Wildman–Crippen MR) is 66.7 cm³/mol. The fraction of sp³-hybridized carbons (Fsp3) is 0.692. The van der Waals surface area contributed by atoms with Gasteiger partial charge in [0.15, 0.2) is 0 Å². The highest BCUT2D eigenvalue weighted by atomic mass is 16.3. The minimum atomic E-state index is 0.220. The molecule has 4 heteroatoms. The van der Waals surface area contributed by atoms with E-state index in [-0.39, 0.29) is 12.6 Å². The summed E-state index contributed by atoms with van der Waals surface area (Å²) in [5.74, 6) is 0.998. The second-order valence-corrected chi connectivity index (χ2v) is 4.96. The van der Waals surface area contributed by atoms with Crippen molar-refractivity contribution in [1.82, 2.24) is 9.80 Å². The van der Waals surface area contributed by atoms with Crippen molar-refractivity contribution in [2.45, 2.75) is 32.0 Å². The lowest BCUT2D eigenvalue weighted by Crippen LogP contribution is -2.42. The lowest BCUT2D eigenvalue weighted by molar-refractivity contribution is 0.116. The third-order valence-corrected chi connectivity index (χ3v) is 3.74. The zero-order valence-electron chi connectivity index (χ0n) is 10.7. The molecule has 1 aromatic rings. The maximum atomic E-state index is 9.42. The van der Waals surface area contributed by atoms with E-state index in [0.29, 0.717) is 6.04 Å². The average Bonchev–Trinajstić information content (AvgIpc) is 2.79. The van der Waals surface area contributed by atoms with Crippen LogP contribution in [-0.4, -0.2) is 53.7 Å². The highest BCUT2D eigenvalue weighted by Gasteiger charge is 2.26. The average molecular weight is 238 g/mol. The molecule has 0 amide bonds. The Morgan fingerprint density at radius 3 is 3.00 bits per heavy atom. The van der Waals surface area contributed by atoms with Gasteiger partial charge in [-0.1, -0.05) is 0 Å². The standard InChI is InChI=1S/C13H22N2O2/c1-11-5-6-14(2)12(10-16)8-15(11)9-13-4-3-7-17-13/h3-4,7,11-12,16H,5-6,8-10H2,1-2H3. The zero-order valence-corrected chi connectivity index (χ0v) is 10.7. The Hall–Kier alpha value is -0.840. The first-order valence-corrected chi connectivity index (χ1v) is 6.28. The Morgan fingerprint density at radius 1 is 1.53 bits per heavy atom. The van der Waals surface area contributed by atoms with Gasteiger partial charge in [0.1, 0.15) is 5.76 Å². The molecule has 96 valence electrons. The molecule has 0 aromatic carbocycles. The summed E-state index contributed by atoms with van der Waals surface area (Å²) in [6.07, 6.45) is 2.85. The van der Waals surface area contributed by atoms with Crippen LogP contribution in [0.5, 0.6) is 0 Å².